The van der Waals surface area contributed by atoms with E-state index in [1.165, 1.54) is 11.9 Å². The molecule has 1 aromatic carbocycles. The van der Waals surface area contributed by atoms with Gasteiger partial charge in [-0.15, -0.1) is 0 Å². The van der Waals surface area contributed by atoms with Crippen molar-refractivity contribution in [3.8, 4) is 5.75 Å². The van der Waals surface area contributed by atoms with E-state index < -0.39 is 41.4 Å². The Morgan fingerprint density at radius 3 is 2.26 bits per heavy atom. The van der Waals surface area contributed by atoms with Gasteiger partial charge in [-0.1, -0.05) is 0 Å². The van der Waals surface area contributed by atoms with Crippen LogP contribution < -0.4 is 4.74 Å². The fourth-order valence-electron chi connectivity index (χ4n) is 1.24. The van der Waals surface area contributed by atoms with Crippen molar-refractivity contribution in [2.75, 3.05) is 20.2 Å². The van der Waals surface area contributed by atoms with Gasteiger partial charge in [0.15, 0.2) is 24.0 Å². The first-order valence-corrected chi connectivity index (χ1v) is 5.46. The van der Waals surface area contributed by atoms with Crippen LogP contribution in [0.2, 0.25) is 0 Å². The first-order chi connectivity index (χ1) is 8.86. The average molecular weight is 273 g/mol. The van der Waals surface area contributed by atoms with Gasteiger partial charge in [0.1, 0.15) is 0 Å². The Morgan fingerprint density at radius 1 is 1.32 bits per heavy atom. The number of benzene rings is 1. The van der Waals surface area contributed by atoms with Gasteiger partial charge in [0, 0.05) is 13.6 Å². The molecule has 1 rings (SSSR count). The van der Waals surface area contributed by atoms with Crippen molar-refractivity contribution in [3.05, 3.63) is 29.3 Å². The van der Waals surface area contributed by atoms with E-state index in [4.69, 9.17) is 9.84 Å². The normalized spacial score (nSPS) is 10.1. The molecule has 0 bridgehead atoms. The molecule has 0 radical (unpaired) electrons. The Kier molecular flexibility index (Phi) is 4.80. The molecule has 0 unspecified atom stereocenters. The smallest absolute Gasteiger partial charge is 0.335 e. The Bertz CT molecular complexity index is 481. The highest BCUT2D eigenvalue weighted by Crippen LogP contribution is 2.23. The summed E-state index contributed by atoms with van der Waals surface area (Å²) in [7, 11) is 1.52. The molecule has 0 atom stereocenters. The molecule has 0 spiro atoms. The fourth-order valence-corrected chi connectivity index (χ4v) is 1.24. The maximum absolute atomic E-state index is 13.5. The Balaban J connectivity index is 2.85. The van der Waals surface area contributed by atoms with Gasteiger partial charge in [-0.25, -0.2) is 13.6 Å². The SMILES string of the molecule is CCN(C)C(=O)COc1c(F)cc(C(=O)O)cc1F. The topological polar surface area (TPSA) is 66.8 Å². The molecule has 19 heavy (non-hydrogen) atoms. The molecule has 1 N–H and O–H groups in total. The van der Waals surface area contributed by atoms with Crippen LogP contribution in [-0.2, 0) is 4.79 Å². The second-order valence-corrected chi connectivity index (χ2v) is 3.77. The Labute approximate surface area is 108 Å². The number of carboxylic acids is 1. The summed E-state index contributed by atoms with van der Waals surface area (Å²) in [5, 5.41) is 8.61. The van der Waals surface area contributed by atoms with Crippen LogP contribution in [-0.4, -0.2) is 42.1 Å². The summed E-state index contributed by atoms with van der Waals surface area (Å²) in [5.74, 6) is -4.98. The summed E-state index contributed by atoms with van der Waals surface area (Å²) in [6.07, 6.45) is 0. The van der Waals surface area contributed by atoms with Gasteiger partial charge in [-0.05, 0) is 19.1 Å². The number of ether oxygens (including phenoxy) is 1. The molecule has 104 valence electrons. The number of nitrogens with zero attached hydrogens (tertiary/aromatic N) is 1. The molecule has 0 aromatic heterocycles. The van der Waals surface area contributed by atoms with Crippen LogP contribution >= 0.6 is 0 Å². The Hall–Kier alpha value is -2.18. The van der Waals surface area contributed by atoms with Crippen LogP contribution in [0.3, 0.4) is 0 Å². The van der Waals surface area contributed by atoms with Gasteiger partial charge >= 0.3 is 5.97 Å². The van der Waals surface area contributed by atoms with Gasteiger partial charge in [0.05, 0.1) is 5.56 Å². The molecule has 1 amide bonds. The lowest BCUT2D eigenvalue weighted by molar-refractivity contribution is -0.131. The summed E-state index contributed by atoms with van der Waals surface area (Å²) in [6.45, 7) is 1.65. The number of hydrogen-bond donors (Lipinski definition) is 1. The molecule has 0 aliphatic carbocycles. The van der Waals surface area contributed by atoms with Crippen LogP contribution in [0.25, 0.3) is 0 Å². The lowest BCUT2D eigenvalue weighted by Gasteiger charge is -2.15. The minimum atomic E-state index is -1.45. The highest BCUT2D eigenvalue weighted by molar-refractivity contribution is 5.87. The number of likely N-dealkylation sites (N-methyl/N-ethyl adjacent to an activating group) is 1. The molecule has 0 heterocycles. The predicted molar refractivity (Wildman–Crippen MR) is 62.1 cm³/mol. The van der Waals surface area contributed by atoms with Crippen molar-refractivity contribution < 1.29 is 28.2 Å². The van der Waals surface area contributed by atoms with Crippen molar-refractivity contribution >= 4 is 11.9 Å². The van der Waals surface area contributed by atoms with E-state index in [0.29, 0.717) is 18.7 Å². The predicted octanol–water partition coefficient (Wildman–Crippen LogP) is 1.52. The van der Waals surface area contributed by atoms with Gasteiger partial charge in [0.25, 0.3) is 5.91 Å². The summed E-state index contributed by atoms with van der Waals surface area (Å²) < 4.78 is 31.7. The standard InChI is InChI=1S/C12H13F2NO4/c1-3-15(2)10(16)6-19-11-8(13)4-7(12(17)18)5-9(11)14/h4-5H,3,6H2,1-2H3,(H,17,18). The lowest BCUT2D eigenvalue weighted by atomic mass is 10.2. The number of aromatic carboxylic acids is 1. The van der Waals surface area contributed by atoms with E-state index >= 15 is 0 Å². The summed E-state index contributed by atoms with van der Waals surface area (Å²) in [4.78, 5) is 23.3. The van der Waals surface area contributed by atoms with Gasteiger partial charge < -0.3 is 14.7 Å². The van der Waals surface area contributed by atoms with E-state index in [1.54, 1.807) is 6.92 Å². The van der Waals surface area contributed by atoms with Crippen molar-refractivity contribution in [1.29, 1.82) is 0 Å². The molecule has 0 fully saturated rings. The van der Waals surface area contributed by atoms with E-state index in [1.807, 2.05) is 0 Å². The molecule has 5 nitrogen and oxygen atoms in total. The van der Waals surface area contributed by atoms with E-state index in [2.05, 4.69) is 0 Å². The number of carbonyl (C=O) groups is 2. The molecule has 0 saturated carbocycles. The van der Waals surface area contributed by atoms with Crippen LogP contribution in [0.1, 0.15) is 17.3 Å². The third kappa shape index (κ3) is 3.64. The Morgan fingerprint density at radius 2 is 1.84 bits per heavy atom. The average Bonchev–Trinajstić information content (AvgIpc) is 2.36. The summed E-state index contributed by atoms with van der Waals surface area (Å²) in [5.41, 5.74) is -0.528. The zero-order valence-corrected chi connectivity index (χ0v) is 10.4. The fraction of sp³-hybridized carbons (Fsp3) is 0.333. The first kappa shape index (κ1) is 14.9. The number of rotatable bonds is 5. The quantitative estimate of drug-likeness (QED) is 0.883. The number of hydrogen-bond acceptors (Lipinski definition) is 3. The van der Waals surface area contributed by atoms with Crippen molar-refractivity contribution in [2.24, 2.45) is 0 Å². The monoisotopic (exact) mass is 273 g/mol. The zero-order chi connectivity index (χ0) is 14.6. The van der Waals surface area contributed by atoms with Gasteiger partial charge in [0.2, 0.25) is 0 Å². The molecule has 0 aliphatic rings. The van der Waals surface area contributed by atoms with Crippen LogP contribution in [0.4, 0.5) is 8.78 Å². The largest absolute Gasteiger partial charge is 0.478 e. The van der Waals surface area contributed by atoms with E-state index in [9.17, 15) is 18.4 Å². The maximum Gasteiger partial charge on any atom is 0.335 e. The number of halogens is 2. The molecule has 0 saturated heterocycles. The zero-order valence-electron chi connectivity index (χ0n) is 10.4. The van der Waals surface area contributed by atoms with Crippen LogP contribution in [0.5, 0.6) is 5.75 Å². The molecule has 0 aliphatic heterocycles. The molecular formula is C12H13F2NO4. The van der Waals surface area contributed by atoms with Crippen molar-refractivity contribution in [2.45, 2.75) is 6.92 Å². The van der Waals surface area contributed by atoms with Gasteiger partial charge in [-0.3, -0.25) is 4.79 Å². The maximum atomic E-state index is 13.5. The first-order valence-electron chi connectivity index (χ1n) is 5.46. The third-order valence-electron chi connectivity index (χ3n) is 2.49. The van der Waals surface area contributed by atoms with Crippen LogP contribution in [0, 0.1) is 11.6 Å². The summed E-state index contributed by atoms with van der Waals surface area (Å²) >= 11 is 0. The number of carboxylic acid groups (broad SMARTS) is 1. The number of amides is 1. The van der Waals surface area contributed by atoms with Crippen molar-refractivity contribution in [3.63, 3.8) is 0 Å². The van der Waals surface area contributed by atoms with Crippen LogP contribution in [0.15, 0.2) is 12.1 Å². The molecule has 7 heteroatoms. The van der Waals surface area contributed by atoms with Crippen molar-refractivity contribution in [1.82, 2.24) is 4.90 Å². The second kappa shape index (κ2) is 6.12. The molecular weight excluding hydrogens is 260 g/mol. The minimum Gasteiger partial charge on any atom is -0.478 e. The lowest BCUT2D eigenvalue weighted by Crippen LogP contribution is -2.31. The number of carbonyl (C=O) groups excluding carboxylic acids is 1. The highest BCUT2D eigenvalue weighted by Gasteiger charge is 2.17. The summed E-state index contributed by atoms with van der Waals surface area (Å²) in [6, 6.07) is 1.27. The minimum absolute atomic E-state index is 0.436. The highest BCUT2D eigenvalue weighted by atomic mass is 19.1. The second-order valence-electron chi connectivity index (χ2n) is 3.77. The van der Waals surface area contributed by atoms with E-state index in [-0.39, 0.29) is 0 Å². The molecule has 1 aromatic rings. The van der Waals surface area contributed by atoms with E-state index in [0.717, 1.165) is 0 Å². The third-order valence-corrected chi connectivity index (χ3v) is 2.49. The van der Waals surface area contributed by atoms with Gasteiger partial charge in [-0.2, -0.15) is 0 Å².